The van der Waals surface area contributed by atoms with E-state index in [1.54, 1.807) is 12.1 Å². The van der Waals surface area contributed by atoms with Gasteiger partial charge in [-0.05, 0) is 18.6 Å². The van der Waals surface area contributed by atoms with Crippen LogP contribution < -0.4 is 19.9 Å². The number of hydrogen-bond acceptors (Lipinski definition) is 6. The van der Waals surface area contributed by atoms with Crippen LogP contribution in [0, 0.1) is 0 Å². The summed E-state index contributed by atoms with van der Waals surface area (Å²) in [5.41, 5.74) is 6.31. The van der Waals surface area contributed by atoms with Crippen LogP contribution in [0.1, 0.15) is 18.1 Å². The maximum Gasteiger partial charge on any atom is 0.203 e. The van der Waals surface area contributed by atoms with Crippen molar-refractivity contribution in [3.05, 3.63) is 17.7 Å². The third-order valence-corrected chi connectivity index (χ3v) is 2.92. The Labute approximate surface area is 112 Å². The number of nitrogens with two attached hydrogens (primary N) is 1. The molecule has 0 amide bonds. The van der Waals surface area contributed by atoms with Crippen LogP contribution in [-0.4, -0.2) is 44.2 Å². The highest BCUT2D eigenvalue weighted by Gasteiger charge is 2.24. The maximum atomic E-state index is 10.2. The summed E-state index contributed by atoms with van der Waals surface area (Å²) in [6, 6.07) is 2.75. The molecule has 1 aromatic carbocycles. The minimum atomic E-state index is -0.957. The lowest BCUT2D eigenvalue weighted by Gasteiger charge is -2.22. The standard InChI is InChI=1S/C13H21NO5/c1-17-10-5-4-8(11(16)9(14)6-7-15)12(18-2)13(10)19-3/h4-5,9,11,15-16H,6-7,14H2,1-3H3. The fourth-order valence-electron chi connectivity index (χ4n) is 1.89. The smallest absolute Gasteiger partial charge is 0.203 e. The summed E-state index contributed by atoms with van der Waals surface area (Å²) in [5.74, 6) is 1.28. The van der Waals surface area contributed by atoms with Gasteiger partial charge in [-0.3, -0.25) is 0 Å². The highest BCUT2D eigenvalue weighted by molar-refractivity contribution is 5.56. The van der Waals surface area contributed by atoms with Gasteiger partial charge >= 0.3 is 0 Å². The quantitative estimate of drug-likeness (QED) is 0.667. The number of hydrogen-bond donors (Lipinski definition) is 3. The topological polar surface area (TPSA) is 94.2 Å². The lowest BCUT2D eigenvalue weighted by molar-refractivity contribution is 0.125. The molecule has 6 heteroatoms. The van der Waals surface area contributed by atoms with E-state index in [0.717, 1.165) is 0 Å². The Morgan fingerprint density at radius 2 is 1.74 bits per heavy atom. The molecule has 0 aliphatic heterocycles. The van der Waals surface area contributed by atoms with Crippen molar-refractivity contribution in [2.24, 2.45) is 5.73 Å². The number of benzene rings is 1. The third-order valence-electron chi connectivity index (χ3n) is 2.92. The molecule has 6 nitrogen and oxygen atoms in total. The van der Waals surface area contributed by atoms with Crippen LogP contribution in [0.15, 0.2) is 12.1 Å². The summed E-state index contributed by atoms with van der Waals surface area (Å²) in [6.45, 7) is -0.0895. The second-order valence-electron chi connectivity index (χ2n) is 4.04. The van der Waals surface area contributed by atoms with Gasteiger partial charge in [0.2, 0.25) is 5.75 Å². The molecule has 0 fully saturated rings. The first kappa shape index (κ1) is 15.6. The molecule has 0 saturated heterocycles. The van der Waals surface area contributed by atoms with E-state index in [9.17, 15) is 5.11 Å². The van der Waals surface area contributed by atoms with E-state index in [4.69, 9.17) is 25.1 Å². The fraction of sp³-hybridized carbons (Fsp3) is 0.538. The molecule has 0 radical (unpaired) electrons. The number of methoxy groups -OCH3 is 3. The number of aliphatic hydroxyl groups excluding tert-OH is 2. The largest absolute Gasteiger partial charge is 0.493 e. The SMILES string of the molecule is COc1ccc(C(O)C(N)CCO)c(OC)c1OC. The Hall–Kier alpha value is -1.50. The average molecular weight is 271 g/mol. The minimum absolute atomic E-state index is 0.0895. The molecule has 0 saturated carbocycles. The minimum Gasteiger partial charge on any atom is -0.493 e. The molecule has 108 valence electrons. The molecule has 0 heterocycles. The molecule has 0 spiro atoms. The van der Waals surface area contributed by atoms with Crippen molar-refractivity contribution in [3.8, 4) is 17.2 Å². The van der Waals surface area contributed by atoms with Crippen LogP contribution in [0.5, 0.6) is 17.2 Å². The van der Waals surface area contributed by atoms with Crippen LogP contribution >= 0.6 is 0 Å². The summed E-state index contributed by atoms with van der Waals surface area (Å²) >= 11 is 0. The van der Waals surface area contributed by atoms with Gasteiger partial charge in [-0.15, -0.1) is 0 Å². The van der Waals surface area contributed by atoms with Crippen LogP contribution in [0.4, 0.5) is 0 Å². The second-order valence-corrected chi connectivity index (χ2v) is 4.04. The van der Waals surface area contributed by atoms with Gasteiger partial charge in [0.15, 0.2) is 11.5 Å². The van der Waals surface area contributed by atoms with Gasteiger partial charge in [0.1, 0.15) is 0 Å². The molecular weight excluding hydrogens is 250 g/mol. The molecule has 0 aromatic heterocycles. The highest BCUT2D eigenvalue weighted by Crippen LogP contribution is 2.42. The Kier molecular flexibility index (Phi) is 5.88. The first-order chi connectivity index (χ1) is 9.10. The van der Waals surface area contributed by atoms with Gasteiger partial charge in [0.05, 0.1) is 27.4 Å². The van der Waals surface area contributed by atoms with Crippen molar-refractivity contribution in [1.82, 2.24) is 0 Å². The average Bonchev–Trinajstić information content (AvgIpc) is 2.44. The van der Waals surface area contributed by atoms with E-state index >= 15 is 0 Å². The molecular formula is C13H21NO5. The summed E-state index contributed by atoms with van der Waals surface area (Å²) in [6.07, 6.45) is -0.666. The van der Waals surface area contributed by atoms with Crippen LogP contribution in [0.25, 0.3) is 0 Å². The lowest BCUT2D eigenvalue weighted by Crippen LogP contribution is -2.29. The maximum absolute atomic E-state index is 10.2. The van der Waals surface area contributed by atoms with Gasteiger partial charge < -0.3 is 30.2 Å². The molecule has 0 bridgehead atoms. The Morgan fingerprint density at radius 3 is 2.21 bits per heavy atom. The van der Waals surface area contributed by atoms with Gasteiger partial charge in [0.25, 0.3) is 0 Å². The Bertz CT molecular complexity index is 410. The van der Waals surface area contributed by atoms with E-state index in [2.05, 4.69) is 0 Å². The Morgan fingerprint density at radius 1 is 1.11 bits per heavy atom. The first-order valence-electron chi connectivity index (χ1n) is 5.94. The number of aliphatic hydroxyl groups is 2. The van der Waals surface area contributed by atoms with Crippen LogP contribution in [0.2, 0.25) is 0 Å². The summed E-state index contributed by atoms with van der Waals surface area (Å²) < 4.78 is 15.7. The fourth-order valence-corrected chi connectivity index (χ4v) is 1.89. The number of ether oxygens (including phenoxy) is 3. The van der Waals surface area contributed by atoms with Crippen molar-refractivity contribution in [3.63, 3.8) is 0 Å². The molecule has 2 atom stereocenters. The molecule has 19 heavy (non-hydrogen) atoms. The molecule has 0 aliphatic carbocycles. The van der Waals surface area contributed by atoms with Crippen molar-refractivity contribution in [2.45, 2.75) is 18.6 Å². The number of rotatable bonds is 7. The summed E-state index contributed by atoms with van der Waals surface area (Å²) in [4.78, 5) is 0. The zero-order valence-corrected chi connectivity index (χ0v) is 11.4. The lowest BCUT2D eigenvalue weighted by atomic mass is 9.99. The van der Waals surface area contributed by atoms with E-state index < -0.39 is 12.1 Å². The van der Waals surface area contributed by atoms with Gasteiger partial charge in [-0.1, -0.05) is 0 Å². The monoisotopic (exact) mass is 271 g/mol. The van der Waals surface area contributed by atoms with Crippen molar-refractivity contribution >= 4 is 0 Å². The van der Waals surface area contributed by atoms with Crippen molar-refractivity contribution in [2.75, 3.05) is 27.9 Å². The molecule has 4 N–H and O–H groups in total. The van der Waals surface area contributed by atoms with Crippen LogP contribution in [-0.2, 0) is 0 Å². The zero-order valence-electron chi connectivity index (χ0n) is 11.4. The van der Waals surface area contributed by atoms with Gasteiger partial charge in [-0.25, -0.2) is 0 Å². The zero-order chi connectivity index (χ0) is 14.4. The highest BCUT2D eigenvalue weighted by atomic mass is 16.5. The first-order valence-corrected chi connectivity index (χ1v) is 5.94. The predicted octanol–water partition coefficient (Wildman–Crippen LogP) is 0.456. The molecule has 2 unspecified atom stereocenters. The van der Waals surface area contributed by atoms with Crippen LogP contribution in [0.3, 0.4) is 0 Å². The van der Waals surface area contributed by atoms with Gasteiger partial charge in [-0.2, -0.15) is 0 Å². The predicted molar refractivity (Wildman–Crippen MR) is 70.7 cm³/mol. The van der Waals surface area contributed by atoms with E-state index in [0.29, 0.717) is 29.2 Å². The molecule has 1 rings (SSSR count). The molecule has 1 aromatic rings. The third kappa shape index (κ3) is 3.28. The second kappa shape index (κ2) is 7.18. The van der Waals surface area contributed by atoms with E-state index in [1.807, 2.05) is 0 Å². The summed E-state index contributed by atoms with van der Waals surface area (Å²) in [7, 11) is 4.49. The van der Waals surface area contributed by atoms with E-state index in [1.165, 1.54) is 21.3 Å². The normalized spacial score (nSPS) is 13.8. The summed E-state index contributed by atoms with van der Waals surface area (Å²) in [5, 5.41) is 19.1. The van der Waals surface area contributed by atoms with Gasteiger partial charge in [0, 0.05) is 18.2 Å². The van der Waals surface area contributed by atoms with Crippen molar-refractivity contribution in [1.29, 1.82) is 0 Å². The molecule has 0 aliphatic rings. The Balaban J connectivity index is 3.20. The van der Waals surface area contributed by atoms with Crippen molar-refractivity contribution < 1.29 is 24.4 Å². The van der Waals surface area contributed by atoms with E-state index in [-0.39, 0.29) is 6.61 Å².